The van der Waals surface area contributed by atoms with E-state index in [0.717, 1.165) is 41.4 Å². The van der Waals surface area contributed by atoms with Gasteiger partial charge in [-0.1, -0.05) is 25.1 Å². The molecule has 3 rings (SSSR count). The van der Waals surface area contributed by atoms with E-state index in [0.29, 0.717) is 11.5 Å². The minimum atomic E-state index is -0.0333. The number of aliphatic hydroxyl groups is 1. The summed E-state index contributed by atoms with van der Waals surface area (Å²) < 4.78 is 0. The van der Waals surface area contributed by atoms with Crippen molar-refractivity contribution < 1.29 is 9.90 Å². The normalized spacial score (nSPS) is 20.7. The van der Waals surface area contributed by atoms with Crippen LogP contribution in [0.2, 0.25) is 0 Å². The lowest BCUT2D eigenvalue weighted by atomic mass is 9.80. The van der Waals surface area contributed by atoms with E-state index < -0.39 is 0 Å². The van der Waals surface area contributed by atoms with Gasteiger partial charge in [0, 0.05) is 18.0 Å². The number of nitrogens with one attached hydrogen (secondary N) is 1. The first-order valence-corrected chi connectivity index (χ1v) is 7.94. The molecule has 0 aliphatic heterocycles. The number of carbonyl (C=O) groups is 1. The maximum absolute atomic E-state index is 12.7. The number of rotatable bonds is 4. The average molecular weight is 298 g/mol. The molecule has 0 unspecified atom stereocenters. The lowest BCUT2D eigenvalue weighted by Gasteiger charge is -2.34. The summed E-state index contributed by atoms with van der Waals surface area (Å²) >= 11 is 0. The minimum absolute atomic E-state index is 0.0333. The molecular weight excluding hydrogens is 276 g/mol. The van der Waals surface area contributed by atoms with E-state index in [1.165, 1.54) is 0 Å². The Morgan fingerprint density at radius 3 is 2.77 bits per heavy atom. The fourth-order valence-corrected chi connectivity index (χ4v) is 3.26. The molecule has 1 aliphatic rings. The van der Waals surface area contributed by atoms with Crippen molar-refractivity contribution in [2.24, 2.45) is 5.92 Å². The molecule has 1 aliphatic carbocycles. The van der Waals surface area contributed by atoms with Crippen LogP contribution in [0.4, 0.5) is 0 Å². The largest absolute Gasteiger partial charge is 0.396 e. The summed E-state index contributed by atoms with van der Waals surface area (Å²) in [6, 6.07) is 8.12. The number of aromatic nitrogens is 1. The predicted octanol–water partition coefficient (Wildman–Crippen LogP) is 2.61. The molecule has 0 spiro atoms. The van der Waals surface area contributed by atoms with E-state index in [1.807, 2.05) is 38.1 Å². The van der Waals surface area contributed by atoms with Crippen LogP contribution >= 0.6 is 0 Å². The van der Waals surface area contributed by atoms with Crippen LogP contribution in [-0.4, -0.2) is 28.6 Å². The summed E-state index contributed by atoms with van der Waals surface area (Å²) in [4.78, 5) is 17.3. The van der Waals surface area contributed by atoms with Crippen LogP contribution in [0.1, 0.15) is 41.4 Å². The van der Waals surface area contributed by atoms with E-state index >= 15 is 0 Å². The first kappa shape index (κ1) is 15.0. The van der Waals surface area contributed by atoms with Crippen molar-refractivity contribution in [3.05, 3.63) is 41.1 Å². The smallest absolute Gasteiger partial charge is 0.253 e. The molecule has 0 radical (unpaired) electrons. The standard InChI is InChI=1S/C18H22N2O2/c1-3-15-17(18(22)19-13-8-12(9-13)10-21)11(2)14-6-4-5-7-16(14)20-15/h4-7,12-13,21H,3,8-10H2,1-2H3,(H,19,22). The Morgan fingerprint density at radius 2 is 2.09 bits per heavy atom. The summed E-state index contributed by atoms with van der Waals surface area (Å²) in [5.74, 6) is 0.306. The molecule has 4 nitrogen and oxygen atoms in total. The van der Waals surface area contributed by atoms with Gasteiger partial charge in [-0.25, -0.2) is 0 Å². The number of aryl methyl sites for hydroxylation is 2. The molecule has 0 bridgehead atoms. The summed E-state index contributed by atoms with van der Waals surface area (Å²) in [5, 5.41) is 13.2. The zero-order valence-electron chi connectivity index (χ0n) is 13.1. The molecule has 2 N–H and O–H groups in total. The van der Waals surface area contributed by atoms with Gasteiger partial charge in [-0.3, -0.25) is 9.78 Å². The van der Waals surface area contributed by atoms with Crippen LogP contribution in [0.3, 0.4) is 0 Å². The highest BCUT2D eigenvalue weighted by molar-refractivity contribution is 6.01. The van der Waals surface area contributed by atoms with Crippen LogP contribution in [0.15, 0.2) is 24.3 Å². The van der Waals surface area contributed by atoms with Crippen LogP contribution in [0.5, 0.6) is 0 Å². The van der Waals surface area contributed by atoms with E-state index in [9.17, 15) is 4.79 Å². The Morgan fingerprint density at radius 1 is 1.36 bits per heavy atom. The number of aliphatic hydroxyl groups excluding tert-OH is 1. The second-order valence-corrected chi connectivity index (χ2v) is 6.12. The van der Waals surface area contributed by atoms with Gasteiger partial charge in [-0.2, -0.15) is 0 Å². The Kier molecular flexibility index (Phi) is 4.12. The maximum Gasteiger partial charge on any atom is 0.253 e. The molecule has 1 amide bonds. The van der Waals surface area contributed by atoms with Gasteiger partial charge in [0.1, 0.15) is 0 Å². The van der Waals surface area contributed by atoms with Crippen molar-refractivity contribution in [3.63, 3.8) is 0 Å². The molecule has 1 saturated carbocycles. The number of nitrogens with zero attached hydrogens (tertiary/aromatic N) is 1. The fraction of sp³-hybridized carbons (Fsp3) is 0.444. The molecule has 0 saturated heterocycles. The third-order valence-corrected chi connectivity index (χ3v) is 4.62. The monoisotopic (exact) mass is 298 g/mol. The molecule has 22 heavy (non-hydrogen) atoms. The molecular formula is C18H22N2O2. The highest BCUT2D eigenvalue weighted by atomic mass is 16.3. The fourth-order valence-electron chi connectivity index (χ4n) is 3.26. The SMILES string of the molecule is CCc1nc2ccccc2c(C)c1C(=O)NC1CC(CO)C1. The number of benzene rings is 1. The van der Waals surface area contributed by atoms with Crippen molar-refractivity contribution in [2.45, 2.75) is 39.2 Å². The lowest BCUT2D eigenvalue weighted by molar-refractivity contribution is 0.0830. The van der Waals surface area contributed by atoms with Crippen molar-refractivity contribution in [1.29, 1.82) is 0 Å². The van der Waals surface area contributed by atoms with E-state index in [-0.39, 0.29) is 18.6 Å². The average Bonchev–Trinajstić information content (AvgIpc) is 2.50. The molecule has 116 valence electrons. The minimum Gasteiger partial charge on any atom is -0.396 e. The number of pyridine rings is 1. The van der Waals surface area contributed by atoms with Gasteiger partial charge in [-0.05, 0) is 43.7 Å². The third-order valence-electron chi connectivity index (χ3n) is 4.62. The predicted molar refractivity (Wildman–Crippen MR) is 86.9 cm³/mol. The maximum atomic E-state index is 12.7. The highest BCUT2D eigenvalue weighted by Crippen LogP contribution is 2.28. The second kappa shape index (κ2) is 6.05. The zero-order valence-corrected chi connectivity index (χ0v) is 13.1. The second-order valence-electron chi connectivity index (χ2n) is 6.12. The van der Waals surface area contributed by atoms with Crippen LogP contribution in [0, 0.1) is 12.8 Å². The zero-order chi connectivity index (χ0) is 15.7. The first-order chi connectivity index (χ1) is 10.6. The van der Waals surface area contributed by atoms with Gasteiger partial charge in [0.25, 0.3) is 5.91 Å². The van der Waals surface area contributed by atoms with Gasteiger partial charge < -0.3 is 10.4 Å². The van der Waals surface area contributed by atoms with Gasteiger partial charge in [0.15, 0.2) is 0 Å². The van der Waals surface area contributed by atoms with E-state index in [2.05, 4.69) is 10.3 Å². The van der Waals surface area contributed by atoms with Gasteiger partial charge in [-0.15, -0.1) is 0 Å². The topological polar surface area (TPSA) is 62.2 Å². The number of hydrogen-bond donors (Lipinski definition) is 2. The Labute approximate surface area is 130 Å². The lowest BCUT2D eigenvalue weighted by Crippen LogP contribution is -2.45. The van der Waals surface area contributed by atoms with Crippen molar-refractivity contribution in [2.75, 3.05) is 6.61 Å². The Balaban J connectivity index is 1.91. The molecule has 1 fully saturated rings. The number of fused-ring (bicyclic) bond motifs is 1. The quantitative estimate of drug-likeness (QED) is 0.912. The Bertz CT molecular complexity index is 706. The van der Waals surface area contributed by atoms with Gasteiger partial charge in [0.05, 0.1) is 16.8 Å². The third kappa shape index (κ3) is 2.59. The van der Waals surface area contributed by atoms with E-state index in [4.69, 9.17) is 5.11 Å². The summed E-state index contributed by atoms with van der Waals surface area (Å²) in [6.45, 7) is 4.23. The highest BCUT2D eigenvalue weighted by Gasteiger charge is 2.30. The molecule has 4 heteroatoms. The van der Waals surface area contributed by atoms with Crippen LogP contribution in [0.25, 0.3) is 10.9 Å². The number of amides is 1. The first-order valence-electron chi connectivity index (χ1n) is 7.94. The molecule has 1 heterocycles. The van der Waals surface area contributed by atoms with Crippen molar-refractivity contribution in [3.8, 4) is 0 Å². The molecule has 1 aromatic heterocycles. The summed E-state index contributed by atoms with van der Waals surface area (Å²) in [6.07, 6.45) is 2.46. The van der Waals surface area contributed by atoms with Gasteiger partial charge in [0.2, 0.25) is 0 Å². The van der Waals surface area contributed by atoms with Crippen molar-refractivity contribution in [1.82, 2.24) is 10.3 Å². The van der Waals surface area contributed by atoms with E-state index in [1.54, 1.807) is 0 Å². The molecule has 0 atom stereocenters. The summed E-state index contributed by atoms with van der Waals surface area (Å²) in [7, 11) is 0. The molecule has 1 aromatic carbocycles. The molecule has 2 aromatic rings. The summed E-state index contributed by atoms with van der Waals surface area (Å²) in [5.41, 5.74) is 3.51. The van der Waals surface area contributed by atoms with Gasteiger partial charge >= 0.3 is 0 Å². The Hall–Kier alpha value is -1.94. The number of para-hydroxylation sites is 1. The number of hydrogen-bond acceptors (Lipinski definition) is 3. The van der Waals surface area contributed by atoms with Crippen LogP contribution < -0.4 is 5.32 Å². The van der Waals surface area contributed by atoms with Crippen molar-refractivity contribution >= 4 is 16.8 Å². The number of carbonyl (C=O) groups excluding carboxylic acids is 1. The van der Waals surface area contributed by atoms with Crippen LogP contribution in [-0.2, 0) is 6.42 Å².